The highest BCUT2D eigenvalue weighted by Crippen LogP contribution is 2.26. The number of nitrogens with zero attached hydrogens (tertiary/aromatic N) is 1. The van der Waals surface area contributed by atoms with Crippen molar-refractivity contribution in [2.75, 3.05) is 24.5 Å². The fraction of sp³-hybridized carbons (Fsp3) is 0.538. The maximum Gasteiger partial charge on any atom is 0.0639 e. The minimum atomic E-state index is 0.525. The van der Waals surface area contributed by atoms with Gasteiger partial charge in [-0.1, -0.05) is 23.7 Å². The van der Waals surface area contributed by atoms with E-state index >= 15 is 0 Å². The molecule has 1 aromatic carbocycles. The van der Waals surface area contributed by atoms with Gasteiger partial charge in [-0.25, -0.2) is 0 Å². The van der Waals surface area contributed by atoms with Gasteiger partial charge in [-0.15, -0.1) is 0 Å². The first-order valence-corrected chi connectivity index (χ1v) is 6.38. The summed E-state index contributed by atoms with van der Waals surface area (Å²) >= 11 is 6.24. The van der Waals surface area contributed by atoms with Gasteiger partial charge < -0.3 is 10.2 Å². The van der Waals surface area contributed by atoms with Crippen LogP contribution < -0.4 is 10.2 Å². The van der Waals surface area contributed by atoms with E-state index in [4.69, 9.17) is 11.6 Å². The lowest BCUT2D eigenvalue weighted by Crippen LogP contribution is -2.42. The average molecular weight is 239 g/mol. The predicted molar refractivity (Wildman–Crippen MR) is 70.4 cm³/mol. The van der Waals surface area contributed by atoms with E-state index < -0.39 is 0 Å². The monoisotopic (exact) mass is 238 g/mol. The van der Waals surface area contributed by atoms with Crippen molar-refractivity contribution in [2.24, 2.45) is 0 Å². The molecule has 1 heterocycles. The Morgan fingerprint density at radius 3 is 2.94 bits per heavy atom. The first kappa shape index (κ1) is 11.7. The fourth-order valence-electron chi connectivity index (χ4n) is 2.19. The van der Waals surface area contributed by atoms with Gasteiger partial charge in [-0.05, 0) is 38.4 Å². The van der Waals surface area contributed by atoms with Crippen molar-refractivity contribution in [3.63, 3.8) is 0 Å². The summed E-state index contributed by atoms with van der Waals surface area (Å²) in [6.45, 7) is 5.51. The summed E-state index contributed by atoms with van der Waals surface area (Å²) in [4.78, 5) is 2.39. The van der Waals surface area contributed by atoms with Crippen molar-refractivity contribution in [3.8, 4) is 0 Å². The number of benzene rings is 1. The van der Waals surface area contributed by atoms with Crippen LogP contribution in [0.5, 0.6) is 0 Å². The summed E-state index contributed by atoms with van der Waals surface area (Å²) in [5.41, 5.74) is 1.17. The number of hydrogen-bond acceptors (Lipinski definition) is 2. The fourth-order valence-corrected chi connectivity index (χ4v) is 2.44. The maximum absolute atomic E-state index is 6.24. The van der Waals surface area contributed by atoms with E-state index in [1.165, 1.54) is 18.5 Å². The Balaban J connectivity index is 2.14. The van der Waals surface area contributed by atoms with Crippen LogP contribution in [0.1, 0.15) is 19.8 Å². The molecule has 0 spiro atoms. The number of halogens is 1. The van der Waals surface area contributed by atoms with Crippen LogP contribution in [0.3, 0.4) is 0 Å². The standard InChI is InChI=1S/C13H19ClN2/c1-11-10-16(9-5-4-8-15-11)13-7-3-2-6-12(13)14/h2-3,6-7,11,15H,4-5,8-10H2,1H3. The molecule has 1 aliphatic heterocycles. The van der Waals surface area contributed by atoms with Crippen LogP contribution in [0.2, 0.25) is 5.02 Å². The molecule has 0 saturated carbocycles. The van der Waals surface area contributed by atoms with Gasteiger partial charge in [0.2, 0.25) is 0 Å². The van der Waals surface area contributed by atoms with E-state index in [1.54, 1.807) is 0 Å². The van der Waals surface area contributed by atoms with Gasteiger partial charge in [0.1, 0.15) is 0 Å². The molecule has 2 rings (SSSR count). The molecule has 0 radical (unpaired) electrons. The Labute approximate surface area is 103 Å². The number of rotatable bonds is 1. The first-order valence-electron chi connectivity index (χ1n) is 6.00. The summed E-state index contributed by atoms with van der Waals surface area (Å²) in [6, 6.07) is 8.64. The third-order valence-electron chi connectivity index (χ3n) is 3.03. The molecule has 1 unspecified atom stereocenters. The van der Waals surface area contributed by atoms with Crippen molar-refractivity contribution < 1.29 is 0 Å². The van der Waals surface area contributed by atoms with Crippen molar-refractivity contribution in [1.29, 1.82) is 0 Å². The Hall–Kier alpha value is -0.730. The van der Waals surface area contributed by atoms with E-state index in [0.717, 1.165) is 24.7 Å². The number of nitrogens with one attached hydrogen (secondary N) is 1. The molecule has 1 atom stereocenters. The van der Waals surface area contributed by atoms with Crippen molar-refractivity contribution in [1.82, 2.24) is 5.32 Å². The highest BCUT2D eigenvalue weighted by molar-refractivity contribution is 6.33. The zero-order chi connectivity index (χ0) is 11.4. The smallest absolute Gasteiger partial charge is 0.0639 e. The highest BCUT2D eigenvalue weighted by atomic mass is 35.5. The van der Waals surface area contributed by atoms with E-state index in [0.29, 0.717) is 6.04 Å². The Kier molecular flexibility index (Phi) is 4.08. The SMILES string of the molecule is CC1CN(c2ccccc2Cl)CCCCN1. The lowest BCUT2D eigenvalue weighted by atomic mass is 10.1. The Morgan fingerprint density at radius 1 is 1.31 bits per heavy atom. The molecule has 0 aliphatic carbocycles. The lowest BCUT2D eigenvalue weighted by molar-refractivity contribution is 0.485. The number of para-hydroxylation sites is 1. The minimum Gasteiger partial charge on any atom is -0.369 e. The summed E-state index contributed by atoms with van der Waals surface area (Å²) in [6.07, 6.45) is 2.47. The van der Waals surface area contributed by atoms with Gasteiger partial charge >= 0.3 is 0 Å². The molecule has 2 nitrogen and oxygen atoms in total. The van der Waals surface area contributed by atoms with Gasteiger partial charge in [0, 0.05) is 19.1 Å². The zero-order valence-corrected chi connectivity index (χ0v) is 10.5. The predicted octanol–water partition coefficient (Wildman–Crippen LogP) is 2.92. The molecule has 1 saturated heterocycles. The Bertz CT molecular complexity index is 340. The van der Waals surface area contributed by atoms with Crippen LogP contribution in [0.25, 0.3) is 0 Å². The molecule has 1 aliphatic rings. The lowest BCUT2D eigenvalue weighted by Gasteiger charge is -2.31. The Morgan fingerprint density at radius 2 is 2.12 bits per heavy atom. The summed E-state index contributed by atoms with van der Waals surface area (Å²) in [5.74, 6) is 0. The van der Waals surface area contributed by atoms with Gasteiger partial charge in [-0.2, -0.15) is 0 Å². The second kappa shape index (κ2) is 5.55. The average Bonchev–Trinajstić information content (AvgIpc) is 2.24. The second-order valence-electron chi connectivity index (χ2n) is 4.46. The van der Waals surface area contributed by atoms with Crippen LogP contribution in [0.4, 0.5) is 5.69 Å². The highest BCUT2D eigenvalue weighted by Gasteiger charge is 2.14. The van der Waals surface area contributed by atoms with Crippen LogP contribution in [0, 0.1) is 0 Å². The van der Waals surface area contributed by atoms with Crippen molar-refractivity contribution in [2.45, 2.75) is 25.8 Å². The van der Waals surface area contributed by atoms with Crippen LogP contribution in [0.15, 0.2) is 24.3 Å². The van der Waals surface area contributed by atoms with E-state index in [2.05, 4.69) is 29.3 Å². The second-order valence-corrected chi connectivity index (χ2v) is 4.87. The quantitative estimate of drug-likeness (QED) is 0.810. The van der Waals surface area contributed by atoms with Crippen LogP contribution in [-0.2, 0) is 0 Å². The normalized spacial score (nSPS) is 22.6. The molecule has 1 fully saturated rings. The first-order chi connectivity index (χ1) is 7.77. The molecule has 16 heavy (non-hydrogen) atoms. The van der Waals surface area contributed by atoms with Crippen LogP contribution >= 0.6 is 11.6 Å². The molecule has 0 bridgehead atoms. The molecule has 3 heteroatoms. The number of anilines is 1. The number of hydrogen-bond donors (Lipinski definition) is 1. The van der Waals surface area contributed by atoms with Gasteiger partial charge in [0.25, 0.3) is 0 Å². The van der Waals surface area contributed by atoms with E-state index in [9.17, 15) is 0 Å². The van der Waals surface area contributed by atoms with Crippen molar-refractivity contribution in [3.05, 3.63) is 29.3 Å². The summed E-state index contributed by atoms with van der Waals surface area (Å²) in [5, 5.41) is 4.38. The summed E-state index contributed by atoms with van der Waals surface area (Å²) < 4.78 is 0. The van der Waals surface area contributed by atoms with E-state index in [-0.39, 0.29) is 0 Å². The molecular formula is C13H19ClN2. The third-order valence-corrected chi connectivity index (χ3v) is 3.35. The molecule has 88 valence electrons. The molecule has 1 aromatic rings. The molecule has 1 N–H and O–H groups in total. The van der Waals surface area contributed by atoms with Crippen molar-refractivity contribution >= 4 is 17.3 Å². The molecular weight excluding hydrogens is 220 g/mol. The van der Waals surface area contributed by atoms with Gasteiger partial charge in [-0.3, -0.25) is 0 Å². The topological polar surface area (TPSA) is 15.3 Å². The van der Waals surface area contributed by atoms with Gasteiger partial charge in [0.05, 0.1) is 10.7 Å². The molecule has 0 amide bonds. The largest absolute Gasteiger partial charge is 0.369 e. The minimum absolute atomic E-state index is 0.525. The molecule has 0 aromatic heterocycles. The maximum atomic E-state index is 6.24. The summed E-state index contributed by atoms with van der Waals surface area (Å²) in [7, 11) is 0. The third kappa shape index (κ3) is 2.89. The van der Waals surface area contributed by atoms with Crippen LogP contribution in [-0.4, -0.2) is 25.7 Å². The van der Waals surface area contributed by atoms with E-state index in [1.807, 2.05) is 12.1 Å². The zero-order valence-electron chi connectivity index (χ0n) is 9.75. The van der Waals surface area contributed by atoms with Gasteiger partial charge in [0.15, 0.2) is 0 Å².